The molecule has 0 bridgehead atoms. The van der Waals surface area contributed by atoms with Gasteiger partial charge in [0.2, 0.25) is 0 Å². The normalized spacial score (nSPS) is 10.5. The van der Waals surface area contributed by atoms with Crippen LogP contribution in [0.1, 0.15) is 15.9 Å². The highest BCUT2D eigenvalue weighted by molar-refractivity contribution is 6.05. The number of rotatable bonds is 7. The van der Waals surface area contributed by atoms with Gasteiger partial charge in [0.15, 0.2) is 0 Å². The Labute approximate surface area is 155 Å². The molecule has 0 unspecified atom stereocenters. The van der Waals surface area contributed by atoms with Crippen LogP contribution in [0.2, 0.25) is 0 Å². The van der Waals surface area contributed by atoms with Gasteiger partial charge in [-0.1, -0.05) is 42.5 Å². The highest BCUT2D eigenvalue weighted by atomic mass is 19.3. The molecule has 0 radical (unpaired) electrons. The first kappa shape index (κ1) is 18.4. The maximum Gasteiger partial charge on any atom is 0.387 e. The van der Waals surface area contributed by atoms with Crippen LogP contribution in [0.25, 0.3) is 0 Å². The predicted molar refractivity (Wildman–Crippen MR) is 98.2 cm³/mol. The first-order valence-electron chi connectivity index (χ1n) is 8.24. The molecule has 3 aromatic rings. The van der Waals surface area contributed by atoms with E-state index < -0.39 is 12.5 Å². The van der Waals surface area contributed by atoms with E-state index in [0.29, 0.717) is 17.9 Å². The van der Waals surface area contributed by atoms with Crippen molar-refractivity contribution >= 4 is 11.6 Å². The van der Waals surface area contributed by atoms with Crippen molar-refractivity contribution in [2.45, 2.75) is 13.2 Å². The molecule has 0 aromatic heterocycles. The number of carbonyl (C=O) groups excluding carboxylic acids is 1. The van der Waals surface area contributed by atoms with Gasteiger partial charge in [0.25, 0.3) is 5.91 Å². The number of carbonyl (C=O) groups is 1. The summed E-state index contributed by atoms with van der Waals surface area (Å²) in [5.41, 5.74) is 1.58. The summed E-state index contributed by atoms with van der Waals surface area (Å²) in [6.45, 7) is -2.55. The summed E-state index contributed by atoms with van der Waals surface area (Å²) in [6, 6.07) is 22.3. The molecule has 4 nitrogen and oxygen atoms in total. The Balaban J connectivity index is 1.62. The maximum absolute atomic E-state index is 12.5. The molecule has 3 rings (SSSR count). The van der Waals surface area contributed by atoms with Gasteiger partial charge in [0.05, 0.1) is 5.69 Å². The van der Waals surface area contributed by atoms with Crippen LogP contribution in [0.5, 0.6) is 11.5 Å². The maximum atomic E-state index is 12.5. The summed E-state index contributed by atoms with van der Waals surface area (Å²) in [5, 5.41) is 2.57. The SMILES string of the molecule is O=C(Nc1ccccc1OC(F)F)c1ccc(OCc2ccccc2)cc1. The highest BCUT2D eigenvalue weighted by Gasteiger charge is 2.12. The molecule has 3 aromatic carbocycles. The second kappa shape index (κ2) is 8.80. The van der Waals surface area contributed by atoms with Crippen LogP contribution in [-0.2, 0) is 6.61 Å². The van der Waals surface area contributed by atoms with Gasteiger partial charge >= 0.3 is 6.61 Å². The molecule has 138 valence electrons. The molecule has 27 heavy (non-hydrogen) atoms. The third kappa shape index (κ3) is 5.28. The Hall–Kier alpha value is -3.41. The minimum Gasteiger partial charge on any atom is -0.489 e. The number of halogens is 2. The Bertz CT molecular complexity index is 883. The van der Waals surface area contributed by atoms with E-state index in [2.05, 4.69) is 10.1 Å². The zero-order valence-electron chi connectivity index (χ0n) is 14.3. The van der Waals surface area contributed by atoms with Gasteiger partial charge < -0.3 is 14.8 Å². The van der Waals surface area contributed by atoms with Crippen LogP contribution in [-0.4, -0.2) is 12.5 Å². The topological polar surface area (TPSA) is 47.6 Å². The van der Waals surface area contributed by atoms with E-state index in [4.69, 9.17) is 4.74 Å². The van der Waals surface area contributed by atoms with E-state index >= 15 is 0 Å². The molecule has 0 atom stereocenters. The lowest BCUT2D eigenvalue weighted by Crippen LogP contribution is -2.13. The minimum absolute atomic E-state index is 0.0938. The van der Waals surface area contributed by atoms with Crippen molar-refractivity contribution in [1.29, 1.82) is 0 Å². The fourth-order valence-corrected chi connectivity index (χ4v) is 2.41. The molecular weight excluding hydrogens is 352 g/mol. The van der Waals surface area contributed by atoms with E-state index in [1.54, 1.807) is 36.4 Å². The van der Waals surface area contributed by atoms with Crippen LogP contribution in [0.3, 0.4) is 0 Å². The summed E-state index contributed by atoms with van der Waals surface area (Å²) < 4.78 is 35.0. The second-order valence-corrected chi connectivity index (χ2v) is 5.63. The molecule has 0 saturated carbocycles. The van der Waals surface area contributed by atoms with E-state index in [9.17, 15) is 13.6 Å². The van der Waals surface area contributed by atoms with E-state index in [0.717, 1.165) is 5.56 Å². The van der Waals surface area contributed by atoms with Crippen LogP contribution in [0.15, 0.2) is 78.9 Å². The molecule has 1 amide bonds. The van der Waals surface area contributed by atoms with Crippen molar-refractivity contribution in [3.05, 3.63) is 90.0 Å². The number of amides is 1. The Morgan fingerprint density at radius 2 is 1.56 bits per heavy atom. The van der Waals surface area contributed by atoms with Crippen molar-refractivity contribution in [1.82, 2.24) is 0 Å². The van der Waals surface area contributed by atoms with Gasteiger partial charge in [0.1, 0.15) is 18.1 Å². The fourth-order valence-electron chi connectivity index (χ4n) is 2.41. The lowest BCUT2D eigenvalue weighted by molar-refractivity contribution is -0.0493. The second-order valence-electron chi connectivity index (χ2n) is 5.63. The minimum atomic E-state index is -2.97. The Morgan fingerprint density at radius 3 is 2.26 bits per heavy atom. The molecule has 0 spiro atoms. The van der Waals surface area contributed by atoms with E-state index in [1.807, 2.05) is 30.3 Å². The molecular formula is C21H17F2NO3. The van der Waals surface area contributed by atoms with Crippen LogP contribution < -0.4 is 14.8 Å². The van der Waals surface area contributed by atoms with Crippen LogP contribution in [0, 0.1) is 0 Å². The number of para-hydroxylation sites is 2. The Morgan fingerprint density at radius 1 is 0.889 bits per heavy atom. The van der Waals surface area contributed by atoms with Gasteiger partial charge in [-0.2, -0.15) is 8.78 Å². The van der Waals surface area contributed by atoms with Gasteiger partial charge in [-0.15, -0.1) is 0 Å². The molecule has 0 saturated heterocycles. The third-order valence-electron chi connectivity index (χ3n) is 3.72. The molecule has 0 aliphatic rings. The molecule has 6 heteroatoms. The summed E-state index contributed by atoms with van der Waals surface area (Å²) >= 11 is 0. The van der Waals surface area contributed by atoms with Gasteiger partial charge in [-0.25, -0.2) is 0 Å². The van der Waals surface area contributed by atoms with Crippen LogP contribution in [0.4, 0.5) is 14.5 Å². The summed E-state index contributed by atoms with van der Waals surface area (Å²) in [7, 11) is 0. The third-order valence-corrected chi connectivity index (χ3v) is 3.72. The molecule has 0 heterocycles. The average Bonchev–Trinajstić information content (AvgIpc) is 2.69. The zero-order chi connectivity index (χ0) is 19.1. The van der Waals surface area contributed by atoms with Crippen molar-refractivity contribution in [3.63, 3.8) is 0 Å². The van der Waals surface area contributed by atoms with Gasteiger partial charge in [-0.3, -0.25) is 4.79 Å². The molecule has 0 fully saturated rings. The van der Waals surface area contributed by atoms with E-state index in [1.165, 1.54) is 12.1 Å². The number of nitrogens with one attached hydrogen (secondary N) is 1. The lowest BCUT2D eigenvalue weighted by atomic mass is 10.2. The molecule has 0 aliphatic carbocycles. The lowest BCUT2D eigenvalue weighted by Gasteiger charge is -2.12. The Kier molecular flexibility index (Phi) is 5.99. The summed E-state index contributed by atoms with van der Waals surface area (Å²) in [6.07, 6.45) is 0. The van der Waals surface area contributed by atoms with E-state index in [-0.39, 0.29) is 11.4 Å². The average molecular weight is 369 g/mol. The summed E-state index contributed by atoms with van der Waals surface area (Å²) in [5.74, 6) is 0.0930. The van der Waals surface area contributed by atoms with Crippen molar-refractivity contribution in [2.24, 2.45) is 0 Å². The number of benzene rings is 3. The number of hydrogen-bond donors (Lipinski definition) is 1. The van der Waals surface area contributed by atoms with Crippen molar-refractivity contribution in [2.75, 3.05) is 5.32 Å². The van der Waals surface area contributed by atoms with Crippen molar-refractivity contribution < 1.29 is 23.0 Å². The molecule has 1 N–H and O–H groups in total. The fraction of sp³-hybridized carbons (Fsp3) is 0.0952. The first-order chi connectivity index (χ1) is 13.1. The zero-order valence-corrected chi connectivity index (χ0v) is 14.3. The quantitative estimate of drug-likeness (QED) is 0.629. The number of hydrogen-bond acceptors (Lipinski definition) is 3. The number of alkyl halides is 2. The van der Waals surface area contributed by atoms with Gasteiger partial charge in [-0.05, 0) is 42.0 Å². The van der Waals surface area contributed by atoms with Crippen molar-refractivity contribution in [3.8, 4) is 11.5 Å². The standard InChI is InChI=1S/C21H17F2NO3/c22-21(23)27-19-9-5-4-8-18(19)24-20(25)16-10-12-17(13-11-16)26-14-15-6-2-1-3-7-15/h1-13,21H,14H2,(H,24,25). The highest BCUT2D eigenvalue weighted by Crippen LogP contribution is 2.26. The first-order valence-corrected chi connectivity index (χ1v) is 8.24. The monoisotopic (exact) mass is 369 g/mol. The largest absolute Gasteiger partial charge is 0.489 e. The smallest absolute Gasteiger partial charge is 0.387 e. The number of anilines is 1. The number of ether oxygens (including phenoxy) is 2. The van der Waals surface area contributed by atoms with Gasteiger partial charge in [0, 0.05) is 5.56 Å². The predicted octanol–water partition coefficient (Wildman–Crippen LogP) is 5.12. The van der Waals surface area contributed by atoms with Crippen LogP contribution >= 0.6 is 0 Å². The molecule has 0 aliphatic heterocycles. The summed E-state index contributed by atoms with van der Waals surface area (Å²) in [4.78, 5) is 12.3.